The van der Waals surface area contributed by atoms with Gasteiger partial charge in [-0.05, 0) is 31.2 Å². The number of carbonyl (C=O) groups is 2. The Morgan fingerprint density at radius 1 is 1.16 bits per heavy atom. The molecule has 166 valence electrons. The molecule has 2 aromatic rings. The molecule has 1 N–H and O–H groups in total. The van der Waals surface area contributed by atoms with E-state index in [0.29, 0.717) is 37.6 Å². The minimum atomic E-state index is -0.409. The van der Waals surface area contributed by atoms with Gasteiger partial charge in [0.1, 0.15) is 6.54 Å². The number of nitrogens with one attached hydrogen (secondary N) is 1. The van der Waals surface area contributed by atoms with Crippen molar-refractivity contribution >= 4 is 17.6 Å². The van der Waals surface area contributed by atoms with Gasteiger partial charge in [0.05, 0.1) is 38.7 Å². The molecule has 1 aromatic carbocycles. The van der Waals surface area contributed by atoms with Gasteiger partial charge in [-0.2, -0.15) is 0 Å². The van der Waals surface area contributed by atoms with Gasteiger partial charge < -0.3 is 24.1 Å². The second-order valence-corrected chi connectivity index (χ2v) is 7.06. The van der Waals surface area contributed by atoms with Gasteiger partial charge in [0.25, 0.3) is 0 Å². The van der Waals surface area contributed by atoms with Crippen LogP contribution < -0.4 is 15.5 Å². The third kappa shape index (κ3) is 6.16. The highest BCUT2D eigenvalue weighted by Gasteiger charge is 2.16. The fourth-order valence-electron chi connectivity index (χ4n) is 3.28. The number of hydrogen-bond acceptors (Lipinski definition) is 7. The Bertz CT molecular complexity index is 964. The number of benzene rings is 1. The first-order valence-corrected chi connectivity index (χ1v) is 10.1. The van der Waals surface area contributed by atoms with Crippen LogP contribution in [0.4, 0.5) is 5.69 Å². The van der Waals surface area contributed by atoms with Gasteiger partial charge in [0.15, 0.2) is 5.75 Å². The molecule has 0 spiro atoms. The minimum absolute atomic E-state index is 0.00986. The summed E-state index contributed by atoms with van der Waals surface area (Å²) in [6.07, 6.45) is 1.56. The maximum Gasteiger partial charge on any atom is 0.338 e. The van der Waals surface area contributed by atoms with Gasteiger partial charge in [-0.1, -0.05) is 0 Å². The summed E-state index contributed by atoms with van der Waals surface area (Å²) < 4.78 is 17.2. The van der Waals surface area contributed by atoms with Gasteiger partial charge in [0, 0.05) is 37.1 Å². The number of morpholine rings is 1. The first-order chi connectivity index (χ1) is 15.0. The summed E-state index contributed by atoms with van der Waals surface area (Å²) in [4.78, 5) is 38.8. The average Bonchev–Trinajstić information content (AvgIpc) is 2.77. The predicted molar refractivity (Wildman–Crippen MR) is 114 cm³/mol. The molecule has 0 radical (unpaired) electrons. The van der Waals surface area contributed by atoms with Crippen molar-refractivity contribution in [2.75, 3.05) is 45.3 Å². The highest BCUT2D eigenvalue weighted by Crippen LogP contribution is 2.13. The van der Waals surface area contributed by atoms with Gasteiger partial charge in [-0.3, -0.25) is 14.5 Å². The van der Waals surface area contributed by atoms with Crippen LogP contribution in [0.5, 0.6) is 5.75 Å². The molecule has 1 aliphatic heterocycles. The molecular formula is C22H27N3O6. The number of amides is 1. The third-order valence-electron chi connectivity index (χ3n) is 4.89. The summed E-state index contributed by atoms with van der Waals surface area (Å²) in [6, 6.07) is 7.99. The fraction of sp³-hybridized carbons (Fsp3) is 0.409. The molecule has 1 aliphatic rings. The quantitative estimate of drug-likeness (QED) is 0.635. The normalized spacial score (nSPS) is 14.1. The summed E-state index contributed by atoms with van der Waals surface area (Å²) in [7, 11) is 1.42. The molecule has 0 aliphatic carbocycles. The lowest BCUT2D eigenvalue weighted by Crippen LogP contribution is -2.37. The number of nitrogens with zero attached hydrogens (tertiary/aromatic N) is 2. The van der Waals surface area contributed by atoms with Crippen LogP contribution in [0, 0.1) is 0 Å². The molecule has 31 heavy (non-hydrogen) atoms. The van der Waals surface area contributed by atoms with Gasteiger partial charge in [0.2, 0.25) is 11.3 Å². The van der Waals surface area contributed by atoms with E-state index in [-0.39, 0.29) is 23.6 Å². The monoisotopic (exact) mass is 429 g/mol. The third-order valence-corrected chi connectivity index (χ3v) is 4.89. The topological polar surface area (TPSA) is 99.1 Å². The Balaban J connectivity index is 1.71. The van der Waals surface area contributed by atoms with E-state index >= 15 is 0 Å². The Kier molecular flexibility index (Phi) is 7.80. The van der Waals surface area contributed by atoms with E-state index in [9.17, 15) is 14.4 Å². The molecule has 0 atom stereocenters. The highest BCUT2D eigenvalue weighted by atomic mass is 16.5. The van der Waals surface area contributed by atoms with E-state index in [0.717, 1.165) is 18.8 Å². The predicted octanol–water partition coefficient (Wildman–Crippen LogP) is 1.50. The number of carbonyl (C=O) groups excluding carboxylic acids is 2. The first-order valence-electron chi connectivity index (χ1n) is 10.1. The summed E-state index contributed by atoms with van der Waals surface area (Å²) in [5.74, 6) is -0.497. The smallest absolute Gasteiger partial charge is 0.338 e. The SMILES string of the molecule is CCOC(=O)c1ccc(NC(=O)Cn2cc(OC)c(=O)cc2CN2CCOCC2)cc1. The Hall–Kier alpha value is -3.17. The zero-order valence-corrected chi connectivity index (χ0v) is 17.8. The lowest BCUT2D eigenvalue weighted by Gasteiger charge is -2.27. The van der Waals surface area contributed by atoms with E-state index < -0.39 is 5.97 Å². The Morgan fingerprint density at radius 3 is 2.52 bits per heavy atom. The van der Waals surface area contributed by atoms with E-state index in [2.05, 4.69) is 10.2 Å². The summed E-state index contributed by atoms with van der Waals surface area (Å²) in [6.45, 7) is 5.39. The minimum Gasteiger partial charge on any atom is -0.491 e. The van der Waals surface area contributed by atoms with Crippen LogP contribution in [-0.4, -0.2) is 61.4 Å². The van der Waals surface area contributed by atoms with Crippen molar-refractivity contribution in [1.29, 1.82) is 0 Å². The van der Waals surface area contributed by atoms with Crippen LogP contribution in [0.3, 0.4) is 0 Å². The van der Waals surface area contributed by atoms with Crippen molar-refractivity contribution < 1.29 is 23.8 Å². The Morgan fingerprint density at radius 2 is 1.87 bits per heavy atom. The molecule has 1 fully saturated rings. The number of aromatic nitrogens is 1. The van der Waals surface area contributed by atoms with E-state index in [4.69, 9.17) is 14.2 Å². The lowest BCUT2D eigenvalue weighted by atomic mass is 10.2. The van der Waals surface area contributed by atoms with E-state index in [1.165, 1.54) is 13.2 Å². The average molecular weight is 429 g/mol. The van der Waals surface area contributed by atoms with Crippen molar-refractivity contribution in [2.24, 2.45) is 0 Å². The molecule has 0 bridgehead atoms. The number of ether oxygens (including phenoxy) is 3. The summed E-state index contributed by atoms with van der Waals surface area (Å²) in [5, 5.41) is 2.81. The number of methoxy groups -OCH3 is 1. The zero-order chi connectivity index (χ0) is 22.2. The molecule has 1 aromatic heterocycles. The van der Waals surface area contributed by atoms with Crippen LogP contribution in [0.25, 0.3) is 0 Å². The number of pyridine rings is 1. The maximum atomic E-state index is 12.7. The Labute approximate surface area is 180 Å². The maximum absolute atomic E-state index is 12.7. The molecule has 9 nitrogen and oxygen atoms in total. The molecule has 2 heterocycles. The summed E-state index contributed by atoms with van der Waals surface area (Å²) >= 11 is 0. The van der Waals surface area contributed by atoms with Gasteiger partial charge in [-0.25, -0.2) is 4.79 Å². The lowest BCUT2D eigenvalue weighted by molar-refractivity contribution is -0.116. The highest BCUT2D eigenvalue weighted by molar-refractivity contribution is 5.93. The molecule has 1 amide bonds. The van der Waals surface area contributed by atoms with Crippen molar-refractivity contribution in [1.82, 2.24) is 9.47 Å². The van der Waals surface area contributed by atoms with Crippen LogP contribution in [0.1, 0.15) is 23.0 Å². The van der Waals surface area contributed by atoms with E-state index in [1.807, 2.05) is 0 Å². The molecule has 0 unspecified atom stereocenters. The molecule has 3 rings (SSSR count). The number of anilines is 1. The second-order valence-electron chi connectivity index (χ2n) is 7.06. The standard InChI is InChI=1S/C22H27N3O6/c1-3-31-22(28)16-4-6-17(7-5-16)23-21(27)15-25-14-20(29-2)19(26)12-18(25)13-24-8-10-30-11-9-24/h4-7,12,14H,3,8-11,13,15H2,1-2H3,(H,23,27). The number of rotatable bonds is 8. The number of esters is 1. The molecule has 0 saturated carbocycles. The van der Waals surface area contributed by atoms with Gasteiger partial charge >= 0.3 is 5.97 Å². The van der Waals surface area contributed by atoms with Crippen LogP contribution in [0.15, 0.2) is 41.3 Å². The number of hydrogen-bond donors (Lipinski definition) is 1. The summed E-state index contributed by atoms with van der Waals surface area (Å²) in [5.41, 5.74) is 1.47. The fourth-order valence-corrected chi connectivity index (χ4v) is 3.28. The van der Waals surface area contributed by atoms with Gasteiger partial charge in [-0.15, -0.1) is 0 Å². The van der Waals surface area contributed by atoms with Crippen molar-refractivity contribution in [2.45, 2.75) is 20.0 Å². The van der Waals surface area contributed by atoms with Crippen molar-refractivity contribution in [3.8, 4) is 5.75 Å². The molecular weight excluding hydrogens is 402 g/mol. The second kappa shape index (κ2) is 10.7. The van der Waals surface area contributed by atoms with E-state index in [1.54, 1.807) is 42.0 Å². The zero-order valence-electron chi connectivity index (χ0n) is 17.8. The first kappa shape index (κ1) is 22.5. The largest absolute Gasteiger partial charge is 0.491 e. The molecule has 1 saturated heterocycles. The van der Waals surface area contributed by atoms with Crippen LogP contribution >= 0.6 is 0 Å². The van der Waals surface area contributed by atoms with Crippen molar-refractivity contribution in [3.63, 3.8) is 0 Å². The van der Waals surface area contributed by atoms with Crippen LogP contribution in [0.2, 0.25) is 0 Å². The van der Waals surface area contributed by atoms with Crippen molar-refractivity contribution in [3.05, 3.63) is 58.0 Å². The molecule has 9 heteroatoms. The van der Waals surface area contributed by atoms with Crippen LogP contribution in [-0.2, 0) is 27.4 Å².